The maximum Gasteiger partial charge on any atom is 0.242 e. The van der Waals surface area contributed by atoms with Crippen molar-refractivity contribution in [2.75, 3.05) is 18.9 Å². The van der Waals surface area contributed by atoms with Crippen molar-refractivity contribution in [1.29, 1.82) is 0 Å². The highest BCUT2D eigenvalue weighted by molar-refractivity contribution is 7.89. The van der Waals surface area contributed by atoms with Crippen molar-refractivity contribution in [2.45, 2.75) is 37.1 Å². The molecule has 0 amide bonds. The molecular weight excluding hydrogens is 300 g/mol. The van der Waals surface area contributed by atoms with E-state index in [2.05, 4.69) is 4.72 Å². The van der Waals surface area contributed by atoms with E-state index >= 15 is 0 Å². The summed E-state index contributed by atoms with van der Waals surface area (Å²) in [7, 11) is -3.71. The first-order chi connectivity index (χ1) is 9.23. The number of nitrogen functional groups attached to an aromatic ring is 1. The Morgan fingerprint density at radius 3 is 2.55 bits per heavy atom. The predicted octanol–water partition coefficient (Wildman–Crippen LogP) is 2.08. The third-order valence-corrected chi connectivity index (χ3v) is 5.69. The molecule has 0 aliphatic carbocycles. The highest BCUT2D eigenvalue weighted by Crippen LogP contribution is 2.29. The monoisotopic (exact) mass is 318 g/mol. The number of hydrogen-bond acceptors (Lipinski definition) is 4. The minimum absolute atomic E-state index is 0.0231. The molecule has 0 radical (unpaired) electrons. The van der Waals surface area contributed by atoms with Gasteiger partial charge in [-0.15, -0.1) is 0 Å². The van der Waals surface area contributed by atoms with Crippen molar-refractivity contribution in [1.82, 2.24) is 4.72 Å². The van der Waals surface area contributed by atoms with Gasteiger partial charge in [0.2, 0.25) is 10.0 Å². The van der Waals surface area contributed by atoms with Gasteiger partial charge in [-0.2, -0.15) is 0 Å². The van der Waals surface area contributed by atoms with E-state index in [4.69, 9.17) is 22.1 Å². The van der Waals surface area contributed by atoms with Crippen LogP contribution in [0, 0.1) is 6.92 Å². The van der Waals surface area contributed by atoms with E-state index in [9.17, 15) is 8.42 Å². The van der Waals surface area contributed by atoms with Crippen LogP contribution in [0.5, 0.6) is 0 Å². The molecular formula is C13H19ClN2O3S. The zero-order valence-electron chi connectivity index (χ0n) is 11.6. The fourth-order valence-corrected chi connectivity index (χ4v) is 4.26. The minimum atomic E-state index is -3.71. The van der Waals surface area contributed by atoms with E-state index in [-0.39, 0.29) is 9.92 Å². The molecule has 2 rings (SSSR count). The lowest BCUT2D eigenvalue weighted by atomic mass is 9.94. The number of rotatable bonds is 3. The van der Waals surface area contributed by atoms with Crippen molar-refractivity contribution in [3.8, 4) is 0 Å². The summed E-state index contributed by atoms with van der Waals surface area (Å²) in [4.78, 5) is 0.0231. The van der Waals surface area contributed by atoms with Gasteiger partial charge in [-0.05, 0) is 44.4 Å². The van der Waals surface area contributed by atoms with Crippen LogP contribution in [0.1, 0.15) is 25.3 Å². The second-order valence-corrected chi connectivity index (χ2v) is 7.48. The van der Waals surface area contributed by atoms with Gasteiger partial charge < -0.3 is 10.5 Å². The molecule has 1 heterocycles. The molecule has 0 unspecified atom stereocenters. The van der Waals surface area contributed by atoms with Crippen LogP contribution in [0.4, 0.5) is 5.69 Å². The Balaban J connectivity index is 2.33. The van der Waals surface area contributed by atoms with Crippen molar-refractivity contribution < 1.29 is 13.2 Å². The third-order valence-electron chi connectivity index (χ3n) is 3.59. The van der Waals surface area contributed by atoms with Crippen LogP contribution in [0.3, 0.4) is 0 Å². The van der Waals surface area contributed by atoms with Gasteiger partial charge in [0.15, 0.2) is 0 Å². The molecule has 0 aromatic heterocycles. The average Bonchev–Trinajstić information content (AvgIpc) is 2.33. The van der Waals surface area contributed by atoms with Gasteiger partial charge in [0.25, 0.3) is 0 Å². The molecule has 7 heteroatoms. The van der Waals surface area contributed by atoms with Crippen LogP contribution >= 0.6 is 11.6 Å². The van der Waals surface area contributed by atoms with E-state index in [0.717, 1.165) is 5.56 Å². The number of halogens is 1. The Kier molecular flexibility index (Phi) is 4.30. The van der Waals surface area contributed by atoms with Crippen molar-refractivity contribution in [3.63, 3.8) is 0 Å². The molecule has 1 aromatic rings. The maximum atomic E-state index is 12.5. The number of benzene rings is 1. The van der Waals surface area contributed by atoms with Crippen LogP contribution in [0.15, 0.2) is 17.0 Å². The zero-order valence-corrected chi connectivity index (χ0v) is 13.1. The number of sulfonamides is 1. The smallest absolute Gasteiger partial charge is 0.242 e. The lowest BCUT2D eigenvalue weighted by Crippen LogP contribution is -2.49. The number of hydrogen-bond donors (Lipinski definition) is 2. The standard InChI is InChI=1S/C13H19ClN2O3S/c1-9-7-10(14)12(8-11(9)15)20(17,18)16-13(2)3-5-19-6-4-13/h7-8,16H,3-6,15H2,1-2H3. The van der Waals surface area contributed by atoms with Crippen LogP contribution < -0.4 is 10.5 Å². The summed E-state index contributed by atoms with van der Waals surface area (Å²) in [6.45, 7) is 4.74. The van der Waals surface area contributed by atoms with Gasteiger partial charge >= 0.3 is 0 Å². The first-order valence-corrected chi connectivity index (χ1v) is 8.27. The summed E-state index contributed by atoms with van der Waals surface area (Å²) in [5, 5.41) is 0.180. The first-order valence-electron chi connectivity index (χ1n) is 6.41. The third kappa shape index (κ3) is 3.25. The highest BCUT2D eigenvalue weighted by atomic mass is 35.5. The molecule has 112 valence electrons. The summed E-state index contributed by atoms with van der Waals surface area (Å²) in [5.74, 6) is 0. The first kappa shape index (κ1) is 15.6. The van der Waals surface area contributed by atoms with Gasteiger partial charge in [0.05, 0.1) is 5.02 Å². The fraction of sp³-hybridized carbons (Fsp3) is 0.538. The largest absolute Gasteiger partial charge is 0.398 e. The van der Waals surface area contributed by atoms with Crippen molar-refractivity contribution >= 4 is 27.3 Å². The second-order valence-electron chi connectivity index (χ2n) is 5.42. The number of nitrogens with one attached hydrogen (secondary N) is 1. The van der Waals surface area contributed by atoms with E-state index in [1.54, 1.807) is 13.0 Å². The van der Waals surface area contributed by atoms with Crippen LogP contribution in [-0.4, -0.2) is 27.2 Å². The van der Waals surface area contributed by atoms with E-state index in [0.29, 0.717) is 31.7 Å². The van der Waals surface area contributed by atoms with E-state index < -0.39 is 15.6 Å². The normalized spacial score (nSPS) is 18.9. The molecule has 1 saturated heterocycles. The Bertz CT molecular complexity index is 610. The SMILES string of the molecule is Cc1cc(Cl)c(S(=O)(=O)NC2(C)CCOCC2)cc1N. The van der Waals surface area contributed by atoms with Crippen LogP contribution in [-0.2, 0) is 14.8 Å². The lowest BCUT2D eigenvalue weighted by molar-refractivity contribution is 0.0537. The Morgan fingerprint density at radius 2 is 1.95 bits per heavy atom. The summed E-state index contributed by atoms with van der Waals surface area (Å²) in [5.41, 5.74) is 6.43. The molecule has 0 saturated carbocycles. The Morgan fingerprint density at radius 1 is 1.35 bits per heavy atom. The van der Waals surface area contributed by atoms with E-state index in [1.165, 1.54) is 6.07 Å². The van der Waals surface area contributed by atoms with Gasteiger partial charge in [-0.25, -0.2) is 13.1 Å². The summed E-state index contributed by atoms with van der Waals surface area (Å²) >= 11 is 6.05. The van der Waals surface area contributed by atoms with Gasteiger partial charge in [-0.3, -0.25) is 0 Å². The number of ether oxygens (including phenoxy) is 1. The topological polar surface area (TPSA) is 81.4 Å². The molecule has 5 nitrogen and oxygen atoms in total. The molecule has 0 atom stereocenters. The number of nitrogens with two attached hydrogens (primary N) is 1. The molecule has 1 aliphatic rings. The van der Waals surface area contributed by atoms with Gasteiger partial charge in [-0.1, -0.05) is 11.6 Å². The Hall–Kier alpha value is -0.820. The van der Waals surface area contributed by atoms with Crippen LogP contribution in [0.25, 0.3) is 0 Å². The highest BCUT2D eigenvalue weighted by Gasteiger charge is 2.33. The number of anilines is 1. The average molecular weight is 319 g/mol. The fourth-order valence-electron chi connectivity index (χ4n) is 2.18. The quantitative estimate of drug-likeness (QED) is 0.836. The Labute approximate surface area is 124 Å². The van der Waals surface area contributed by atoms with Crippen LogP contribution in [0.2, 0.25) is 5.02 Å². The maximum absolute atomic E-state index is 12.5. The number of aryl methyl sites for hydroxylation is 1. The predicted molar refractivity (Wildman–Crippen MR) is 79.4 cm³/mol. The van der Waals surface area contributed by atoms with Gasteiger partial charge in [0.1, 0.15) is 4.90 Å². The summed E-state index contributed by atoms with van der Waals surface area (Å²) in [6.07, 6.45) is 1.26. The molecule has 1 aromatic carbocycles. The molecule has 0 spiro atoms. The summed E-state index contributed by atoms with van der Waals surface area (Å²) < 4.78 is 33.0. The molecule has 1 fully saturated rings. The molecule has 0 bridgehead atoms. The van der Waals surface area contributed by atoms with Gasteiger partial charge in [0, 0.05) is 24.4 Å². The molecule has 3 N–H and O–H groups in total. The summed E-state index contributed by atoms with van der Waals surface area (Å²) in [6, 6.07) is 2.97. The zero-order chi connectivity index (χ0) is 15.0. The van der Waals surface area contributed by atoms with Crippen molar-refractivity contribution in [3.05, 3.63) is 22.7 Å². The molecule has 1 aliphatic heterocycles. The molecule has 20 heavy (non-hydrogen) atoms. The second kappa shape index (κ2) is 5.52. The van der Waals surface area contributed by atoms with Crippen molar-refractivity contribution in [2.24, 2.45) is 0 Å². The lowest BCUT2D eigenvalue weighted by Gasteiger charge is -2.34. The van der Waals surface area contributed by atoms with E-state index in [1.807, 2.05) is 6.92 Å². The minimum Gasteiger partial charge on any atom is -0.398 e.